The Morgan fingerprint density at radius 2 is 1.29 bits per heavy atom. The monoisotopic (exact) mass is 596 g/mol. The number of carbonyl (C=O) groups excluding carboxylic acids is 4. The highest BCUT2D eigenvalue weighted by molar-refractivity contribution is 6.44. The number of nitrogens with zero attached hydrogens (tertiary/aromatic N) is 1. The van der Waals surface area contributed by atoms with Crippen molar-refractivity contribution in [1.29, 1.82) is 0 Å². The van der Waals surface area contributed by atoms with Gasteiger partial charge in [0, 0.05) is 11.8 Å². The van der Waals surface area contributed by atoms with Gasteiger partial charge in [-0.15, -0.1) is 0 Å². The summed E-state index contributed by atoms with van der Waals surface area (Å²) in [6, 6.07) is 27.0. The molecule has 3 aliphatic carbocycles. The molecule has 42 heavy (non-hydrogen) atoms. The normalized spacial score (nSPS) is 21.4. The zero-order valence-electron chi connectivity index (χ0n) is 21.9. The SMILES string of the molecule is O=C(COC(=O)c1cccc(N2C(=O)[C@@H]3C4c5ccccc5C(c5ccccc54)[C@@H]3C2=O)c1)Nc1cccc(Cl)c1Cl. The van der Waals surface area contributed by atoms with E-state index < -0.39 is 30.3 Å². The minimum atomic E-state index is -0.777. The molecule has 1 fully saturated rings. The van der Waals surface area contributed by atoms with Crippen LogP contribution in [-0.4, -0.2) is 30.3 Å². The van der Waals surface area contributed by atoms with Crippen LogP contribution in [0.5, 0.6) is 0 Å². The molecular weight excluding hydrogens is 575 g/mol. The van der Waals surface area contributed by atoms with Crippen molar-refractivity contribution in [1.82, 2.24) is 0 Å². The lowest BCUT2D eigenvalue weighted by molar-refractivity contribution is -0.122. The molecule has 4 aromatic rings. The Balaban J connectivity index is 1.13. The first-order valence-electron chi connectivity index (χ1n) is 13.4. The number of ether oxygens (including phenoxy) is 1. The number of esters is 1. The first-order chi connectivity index (χ1) is 20.3. The highest BCUT2D eigenvalue weighted by Crippen LogP contribution is 2.61. The van der Waals surface area contributed by atoms with E-state index in [0.717, 1.165) is 22.3 Å². The van der Waals surface area contributed by atoms with Crippen molar-refractivity contribution in [3.05, 3.63) is 129 Å². The Bertz CT molecular complexity index is 1710. The third kappa shape index (κ3) is 4.03. The van der Waals surface area contributed by atoms with Crippen molar-refractivity contribution in [2.45, 2.75) is 11.8 Å². The topological polar surface area (TPSA) is 92.8 Å². The number of nitrogens with one attached hydrogen (secondary N) is 1. The number of rotatable bonds is 5. The smallest absolute Gasteiger partial charge is 0.338 e. The third-order valence-corrected chi connectivity index (χ3v) is 9.17. The van der Waals surface area contributed by atoms with Crippen LogP contribution in [-0.2, 0) is 19.1 Å². The number of amides is 3. The molecule has 0 unspecified atom stereocenters. The van der Waals surface area contributed by atoms with Gasteiger partial charge in [-0.25, -0.2) is 9.69 Å². The highest BCUT2D eigenvalue weighted by Gasteiger charge is 2.61. The Kier molecular flexibility index (Phi) is 6.37. The summed E-state index contributed by atoms with van der Waals surface area (Å²) < 4.78 is 5.21. The molecule has 3 amide bonds. The summed E-state index contributed by atoms with van der Waals surface area (Å²) in [5.74, 6) is -3.48. The average molecular weight is 597 g/mol. The van der Waals surface area contributed by atoms with Crippen LogP contribution >= 0.6 is 23.2 Å². The molecule has 1 N–H and O–H groups in total. The largest absolute Gasteiger partial charge is 0.452 e. The second-order valence-corrected chi connectivity index (χ2v) is 11.3. The van der Waals surface area contributed by atoms with Crippen LogP contribution in [0.4, 0.5) is 11.4 Å². The fourth-order valence-electron chi connectivity index (χ4n) is 6.70. The summed E-state index contributed by atoms with van der Waals surface area (Å²) >= 11 is 12.1. The van der Waals surface area contributed by atoms with Crippen LogP contribution in [0.1, 0.15) is 44.4 Å². The summed E-state index contributed by atoms with van der Waals surface area (Å²) in [7, 11) is 0. The van der Waals surface area contributed by atoms with Crippen molar-refractivity contribution < 1.29 is 23.9 Å². The van der Waals surface area contributed by atoms with Gasteiger partial charge in [0.15, 0.2) is 6.61 Å². The van der Waals surface area contributed by atoms with Gasteiger partial charge in [-0.3, -0.25) is 14.4 Å². The second kappa shape index (κ2) is 10.1. The molecule has 1 saturated heterocycles. The van der Waals surface area contributed by atoms with Crippen LogP contribution in [0.3, 0.4) is 0 Å². The van der Waals surface area contributed by atoms with E-state index in [2.05, 4.69) is 5.32 Å². The maximum Gasteiger partial charge on any atom is 0.338 e. The van der Waals surface area contributed by atoms with E-state index in [1.165, 1.54) is 17.0 Å². The van der Waals surface area contributed by atoms with Crippen LogP contribution in [0.25, 0.3) is 0 Å². The number of benzene rings is 4. The first-order valence-corrected chi connectivity index (χ1v) is 14.2. The van der Waals surface area contributed by atoms with Gasteiger partial charge in [0.05, 0.1) is 38.8 Å². The lowest BCUT2D eigenvalue weighted by atomic mass is 9.55. The summed E-state index contributed by atoms with van der Waals surface area (Å²) in [5.41, 5.74) is 5.01. The van der Waals surface area contributed by atoms with Gasteiger partial charge in [0.25, 0.3) is 5.91 Å². The molecule has 7 nitrogen and oxygen atoms in total. The number of carbonyl (C=O) groups is 4. The van der Waals surface area contributed by atoms with Crippen LogP contribution in [0.15, 0.2) is 91.0 Å². The Hall–Kier alpha value is -4.46. The van der Waals surface area contributed by atoms with E-state index in [9.17, 15) is 19.2 Å². The molecule has 9 heteroatoms. The molecule has 2 bridgehead atoms. The van der Waals surface area contributed by atoms with Crippen LogP contribution < -0.4 is 10.2 Å². The summed E-state index contributed by atoms with van der Waals surface area (Å²) in [5, 5.41) is 3.00. The lowest BCUT2D eigenvalue weighted by Gasteiger charge is -2.45. The number of hydrogen-bond acceptors (Lipinski definition) is 5. The predicted octanol–water partition coefficient (Wildman–Crippen LogP) is 6.19. The fraction of sp³-hybridized carbons (Fsp3) is 0.152. The Labute approximate surface area is 251 Å². The molecule has 1 aliphatic heterocycles. The Morgan fingerprint density at radius 3 is 1.86 bits per heavy atom. The van der Waals surface area contributed by atoms with Crippen molar-refractivity contribution >= 4 is 58.3 Å². The van der Waals surface area contributed by atoms with Crippen LogP contribution in [0, 0.1) is 11.8 Å². The average Bonchev–Trinajstić information content (AvgIpc) is 3.28. The number of halogens is 2. The van der Waals surface area contributed by atoms with E-state index in [4.69, 9.17) is 27.9 Å². The van der Waals surface area contributed by atoms with E-state index in [-0.39, 0.29) is 50.6 Å². The molecule has 0 spiro atoms. The third-order valence-electron chi connectivity index (χ3n) is 8.35. The molecule has 4 aromatic carbocycles. The molecular formula is C33H22Cl2N2O5. The van der Waals surface area contributed by atoms with Gasteiger partial charge >= 0.3 is 5.97 Å². The van der Waals surface area contributed by atoms with E-state index >= 15 is 0 Å². The highest BCUT2D eigenvalue weighted by atomic mass is 35.5. The van der Waals surface area contributed by atoms with E-state index in [1.807, 2.05) is 48.5 Å². The molecule has 1 heterocycles. The van der Waals surface area contributed by atoms with Gasteiger partial charge in [0.1, 0.15) is 0 Å². The lowest BCUT2D eigenvalue weighted by Crippen LogP contribution is -2.41. The fourth-order valence-corrected chi connectivity index (χ4v) is 7.05. The van der Waals surface area contributed by atoms with Crippen molar-refractivity contribution in [2.24, 2.45) is 11.8 Å². The van der Waals surface area contributed by atoms with Gasteiger partial charge in [-0.1, -0.05) is 83.9 Å². The van der Waals surface area contributed by atoms with Crippen molar-refractivity contribution in [3.8, 4) is 0 Å². The molecule has 0 radical (unpaired) electrons. The molecule has 0 saturated carbocycles. The standard InChI is InChI=1S/C33H22Cl2N2O5/c34-23-13-6-14-24(30(23)35)36-25(38)16-42-33(41)17-7-5-8-18(15-17)37-31(39)28-26-19-9-1-2-10-20(19)27(29(28)32(37)40)22-12-4-3-11-21(22)26/h1-15,26-29H,16H2,(H,36,38)/t26?,27?,28-,29+. The second-order valence-electron chi connectivity index (χ2n) is 10.6. The number of hydrogen-bond donors (Lipinski definition) is 1. The Morgan fingerprint density at radius 1 is 0.738 bits per heavy atom. The molecule has 8 rings (SSSR count). The molecule has 4 aliphatic rings. The van der Waals surface area contributed by atoms with E-state index in [1.54, 1.807) is 30.3 Å². The van der Waals surface area contributed by atoms with Gasteiger partial charge < -0.3 is 10.1 Å². The molecule has 208 valence electrons. The maximum absolute atomic E-state index is 14.0. The quantitative estimate of drug-likeness (QED) is 0.219. The predicted molar refractivity (Wildman–Crippen MR) is 158 cm³/mol. The van der Waals surface area contributed by atoms with Gasteiger partial charge in [-0.05, 0) is 52.6 Å². The maximum atomic E-state index is 14.0. The molecule has 0 aromatic heterocycles. The van der Waals surface area contributed by atoms with Crippen molar-refractivity contribution in [3.63, 3.8) is 0 Å². The number of anilines is 2. The summed E-state index contributed by atoms with van der Waals surface area (Å²) in [6.07, 6.45) is 0. The summed E-state index contributed by atoms with van der Waals surface area (Å²) in [4.78, 5) is 54.5. The zero-order valence-corrected chi connectivity index (χ0v) is 23.4. The minimum absolute atomic E-state index is 0.103. The summed E-state index contributed by atoms with van der Waals surface area (Å²) in [6.45, 7) is -0.572. The van der Waals surface area contributed by atoms with Gasteiger partial charge in [0.2, 0.25) is 11.8 Å². The first kappa shape index (κ1) is 26.4. The van der Waals surface area contributed by atoms with Crippen LogP contribution in [0.2, 0.25) is 10.0 Å². The van der Waals surface area contributed by atoms with Gasteiger partial charge in [-0.2, -0.15) is 0 Å². The van der Waals surface area contributed by atoms with Crippen molar-refractivity contribution in [2.75, 3.05) is 16.8 Å². The number of imide groups is 1. The minimum Gasteiger partial charge on any atom is -0.452 e. The van der Waals surface area contributed by atoms with E-state index in [0.29, 0.717) is 0 Å². The molecule has 2 atom stereocenters. The zero-order chi connectivity index (χ0) is 29.1.